The van der Waals surface area contributed by atoms with Crippen LogP contribution in [-0.2, 0) is 5.41 Å². The van der Waals surface area contributed by atoms with E-state index in [1.54, 1.807) is 0 Å². The summed E-state index contributed by atoms with van der Waals surface area (Å²) in [5.74, 6) is 1.21. The Bertz CT molecular complexity index is 574. The monoisotopic (exact) mass is 275 g/mol. The zero-order valence-corrected chi connectivity index (χ0v) is 12.3. The highest BCUT2D eigenvalue weighted by atomic mass is 16.5. The predicted octanol–water partition coefficient (Wildman–Crippen LogP) is 2.16. The molecule has 0 bridgehead atoms. The topological polar surface area (TPSA) is 68.8 Å². The number of aromatic nitrogens is 4. The Kier molecular flexibility index (Phi) is 3.33. The second-order valence-corrected chi connectivity index (χ2v) is 6.35. The quantitative estimate of drug-likeness (QED) is 0.909. The fraction of sp³-hybridized carbons (Fsp3) is 0.643. The normalized spacial score (nSPS) is 20.2. The molecule has 0 spiro atoms. The zero-order valence-electron chi connectivity index (χ0n) is 12.3. The number of nitrogens with one attached hydrogen (secondary N) is 1. The molecule has 6 heteroatoms. The van der Waals surface area contributed by atoms with Gasteiger partial charge in [0.1, 0.15) is 0 Å². The Morgan fingerprint density at radius 3 is 2.90 bits per heavy atom. The van der Waals surface area contributed by atoms with Crippen LogP contribution in [-0.4, -0.2) is 33.0 Å². The second kappa shape index (κ2) is 5.01. The molecule has 1 aliphatic rings. The van der Waals surface area contributed by atoms with Crippen molar-refractivity contribution in [3.8, 4) is 11.6 Å². The van der Waals surface area contributed by atoms with E-state index in [4.69, 9.17) is 4.52 Å². The van der Waals surface area contributed by atoms with Gasteiger partial charge in [-0.2, -0.15) is 10.1 Å². The summed E-state index contributed by atoms with van der Waals surface area (Å²) in [6.07, 6.45) is 4.34. The van der Waals surface area contributed by atoms with Gasteiger partial charge in [-0.15, -0.1) is 0 Å². The van der Waals surface area contributed by atoms with Gasteiger partial charge in [-0.05, 0) is 25.5 Å². The molecule has 3 rings (SSSR count). The van der Waals surface area contributed by atoms with Gasteiger partial charge >= 0.3 is 0 Å². The first kappa shape index (κ1) is 13.3. The summed E-state index contributed by atoms with van der Waals surface area (Å²) in [5, 5.41) is 12.0. The molecule has 1 aliphatic heterocycles. The molecule has 2 aromatic rings. The van der Waals surface area contributed by atoms with Crippen molar-refractivity contribution in [3.63, 3.8) is 0 Å². The number of nitrogens with zero attached hydrogens (tertiary/aromatic N) is 4. The molecule has 2 aromatic heterocycles. The maximum absolute atomic E-state index is 5.33. The maximum Gasteiger partial charge on any atom is 0.278 e. The second-order valence-electron chi connectivity index (χ2n) is 6.35. The third-order valence-corrected chi connectivity index (χ3v) is 3.57. The summed E-state index contributed by atoms with van der Waals surface area (Å²) in [4.78, 5) is 4.44. The Hall–Kier alpha value is -1.69. The molecule has 1 N–H and O–H groups in total. The van der Waals surface area contributed by atoms with Crippen LogP contribution in [0.15, 0.2) is 16.8 Å². The van der Waals surface area contributed by atoms with Crippen molar-refractivity contribution < 1.29 is 4.52 Å². The molecule has 0 radical (unpaired) electrons. The lowest BCUT2D eigenvalue weighted by Crippen LogP contribution is -2.31. The fourth-order valence-corrected chi connectivity index (χ4v) is 2.35. The van der Waals surface area contributed by atoms with E-state index in [0.717, 1.165) is 25.2 Å². The van der Waals surface area contributed by atoms with E-state index in [1.165, 1.54) is 6.42 Å². The lowest BCUT2D eigenvalue weighted by Gasteiger charge is -2.22. The molecular weight excluding hydrogens is 254 g/mol. The summed E-state index contributed by atoms with van der Waals surface area (Å²) in [6.45, 7) is 8.26. The molecule has 0 aromatic carbocycles. The molecule has 20 heavy (non-hydrogen) atoms. The van der Waals surface area contributed by atoms with Crippen molar-refractivity contribution >= 4 is 0 Å². The fourth-order valence-electron chi connectivity index (χ4n) is 2.35. The molecule has 3 heterocycles. The predicted molar refractivity (Wildman–Crippen MR) is 75.4 cm³/mol. The van der Waals surface area contributed by atoms with E-state index in [1.807, 2.05) is 16.9 Å². The third kappa shape index (κ3) is 2.60. The standard InChI is InChI=1S/C14H21N5O/c1-14(2,3)13-16-12(20-18-13)11-6-8-19(17-11)10-5-4-7-15-9-10/h6,8,10,15H,4-5,7,9H2,1-3H3. The minimum atomic E-state index is -0.113. The average Bonchev–Trinajstić information content (AvgIpc) is 3.08. The molecule has 6 nitrogen and oxygen atoms in total. The van der Waals surface area contributed by atoms with E-state index in [-0.39, 0.29) is 5.41 Å². The molecule has 108 valence electrons. The Morgan fingerprint density at radius 1 is 1.40 bits per heavy atom. The van der Waals surface area contributed by atoms with Gasteiger partial charge < -0.3 is 9.84 Å². The number of piperidine rings is 1. The van der Waals surface area contributed by atoms with Gasteiger partial charge in [0, 0.05) is 18.2 Å². The highest BCUT2D eigenvalue weighted by Gasteiger charge is 2.23. The van der Waals surface area contributed by atoms with Crippen LogP contribution in [0.4, 0.5) is 0 Å². The van der Waals surface area contributed by atoms with E-state index in [0.29, 0.717) is 17.8 Å². The van der Waals surface area contributed by atoms with Gasteiger partial charge in [0.15, 0.2) is 11.5 Å². The van der Waals surface area contributed by atoms with Crippen molar-refractivity contribution in [2.75, 3.05) is 13.1 Å². The van der Waals surface area contributed by atoms with Gasteiger partial charge in [0.2, 0.25) is 0 Å². The van der Waals surface area contributed by atoms with E-state index in [2.05, 4.69) is 41.3 Å². The van der Waals surface area contributed by atoms with Gasteiger partial charge in [-0.1, -0.05) is 25.9 Å². The van der Waals surface area contributed by atoms with Crippen molar-refractivity contribution in [2.45, 2.75) is 45.1 Å². The number of rotatable bonds is 2. The zero-order chi connectivity index (χ0) is 14.2. The first-order chi connectivity index (χ1) is 9.54. The van der Waals surface area contributed by atoms with E-state index < -0.39 is 0 Å². The minimum Gasteiger partial charge on any atom is -0.332 e. The molecule has 1 unspecified atom stereocenters. The van der Waals surface area contributed by atoms with Crippen molar-refractivity contribution in [3.05, 3.63) is 18.1 Å². The summed E-state index contributed by atoms with van der Waals surface area (Å²) >= 11 is 0. The van der Waals surface area contributed by atoms with Crippen LogP contribution in [0.1, 0.15) is 45.5 Å². The van der Waals surface area contributed by atoms with E-state index in [9.17, 15) is 0 Å². The summed E-state index contributed by atoms with van der Waals surface area (Å²) in [5.41, 5.74) is 0.635. The first-order valence-corrected chi connectivity index (χ1v) is 7.14. The van der Waals surface area contributed by atoms with Gasteiger partial charge in [0.05, 0.1) is 6.04 Å². The van der Waals surface area contributed by atoms with Crippen molar-refractivity contribution in [2.24, 2.45) is 0 Å². The van der Waals surface area contributed by atoms with Crippen LogP contribution in [0.3, 0.4) is 0 Å². The molecule has 1 atom stereocenters. The molecule has 1 saturated heterocycles. The van der Waals surface area contributed by atoms with Crippen LogP contribution >= 0.6 is 0 Å². The van der Waals surface area contributed by atoms with Gasteiger partial charge in [0.25, 0.3) is 5.89 Å². The number of hydrogen-bond acceptors (Lipinski definition) is 5. The molecule has 0 aliphatic carbocycles. The minimum absolute atomic E-state index is 0.113. The highest BCUT2D eigenvalue weighted by molar-refractivity contribution is 5.45. The van der Waals surface area contributed by atoms with Crippen LogP contribution in [0.2, 0.25) is 0 Å². The molecule has 0 amide bonds. The first-order valence-electron chi connectivity index (χ1n) is 7.14. The molecular formula is C14H21N5O. The van der Waals surface area contributed by atoms with Gasteiger partial charge in [-0.3, -0.25) is 4.68 Å². The van der Waals surface area contributed by atoms with E-state index >= 15 is 0 Å². The smallest absolute Gasteiger partial charge is 0.278 e. The summed E-state index contributed by atoms with van der Waals surface area (Å²) < 4.78 is 7.33. The number of hydrogen-bond donors (Lipinski definition) is 1. The lowest BCUT2D eigenvalue weighted by atomic mass is 9.96. The van der Waals surface area contributed by atoms with Crippen molar-refractivity contribution in [1.29, 1.82) is 0 Å². The SMILES string of the molecule is CC(C)(C)c1noc(-c2ccn(C3CCCNC3)n2)n1. The van der Waals surface area contributed by atoms with Crippen molar-refractivity contribution in [1.82, 2.24) is 25.2 Å². The van der Waals surface area contributed by atoms with Crippen LogP contribution in [0, 0.1) is 0 Å². The summed E-state index contributed by atoms with van der Waals surface area (Å²) in [6, 6.07) is 2.36. The maximum atomic E-state index is 5.33. The molecule has 0 saturated carbocycles. The molecule has 1 fully saturated rings. The van der Waals surface area contributed by atoms with Crippen LogP contribution < -0.4 is 5.32 Å². The Morgan fingerprint density at radius 2 is 2.25 bits per heavy atom. The van der Waals surface area contributed by atoms with Gasteiger partial charge in [-0.25, -0.2) is 0 Å². The lowest BCUT2D eigenvalue weighted by molar-refractivity contribution is 0.346. The van der Waals surface area contributed by atoms with Crippen LogP contribution in [0.25, 0.3) is 11.6 Å². The van der Waals surface area contributed by atoms with Crippen LogP contribution in [0.5, 0.6) is 0 Å². The largest absolute Gasteiger partial charge is 0.332 e. The highest BCUT2D eigenvalue weighted by Crippen LogP contribution is 2.24. The Balaban J connectivity index is 1.81. The summed E-state index contributed by atoms with van der Waals surface area (Å²) in [7, 11) is 0. The third-order valence-electron chi connectivity index (χ3n) is 3.57. The Labute approximate surface area is 118 Å². The average molecular weight is 275 g/mol.